The first-order valence-corrected chi connectivity index (χ1v) is 14.3. The lowest BCUT2D eigenvalue weighted by Gasteiger charge is -2.33. The zero-order valence-electron chi connectivity index (χ0n) is 24.5. The van der Waals surface area contributed by atoms with Crippen molar-refractivity contribution < 1.29 is 36.7 Å². The van der Waals surface area contributed by atoms with Gasteiger partial charge in [0.15, 0.2) is 17.7 Å². The van der Waals surface area contributed by atoms with Gasteiger partial charge in [0.25, 0.3) is 5.91 Å². The summed E-state index contributed by atoms with van der Waals surface area (Å²) in [5.41, 5.74) is 0.471. The molecule has 6 nitrogen and oxygen atoms in total. The van der Waals surface area contributed by atoms with Crippen LogP contribution in [0.3, 0.4) is 0 Å². The molecule has 0 saturated carbocycles. The third-order valence-corrected chi connectivity index (χ3v) is 6.91. The average molecular weight is 586 g/mol. The van der Waals surface area contributed by atoms with E-state index < -0.39 is 29.0 Å². The molecule has 3 aromatic rings. The van der Waals surface area contributed by atoms with Gasteiger partial charge >= 0.3 is 5.97 Å². The van der Waals surface area contributed by atoms with Crippen LogP contribution in [0.25, 0.3) is 0 Å². The lowest BCUT2D eigenvalue weighted by atomic mass is 10.0. The minimum atomic E-state index is -1.38. The quantitative estimate of drug-likeness (QED) is 0.0688. The van der Waals surface area contributed by atoms with E-state index in [1.54, 1.807) is 12.1 Å². The van der Waals surface area contributed by atoms with Crippen molar-refractivity contribution in [2.45, 2.75) is 51.0 Å². The number of carbonyl (C=O) groups is 2. The lowest BCUT2D eigenvalue weighted by Crippen LogP contribution is -2.55. The molecule has 1 atom stereocenters. The monoisotopic (exact) mass is 585 g/mol. The van der Waals surface area contributed by atoms with Gasteiger partial charge in [0.1, 0.15) is 17.3 Å². The predicted molar refractivity (Wildman–Crippen MR) is 156 cm³/mol. The summed E-state index contributed by atoms with van der Waals surface area (Å²) in [7, 11) is 6.15. The van der Waals surface area contributed by atoms with Crippen molar-refractivity contribution in [3.05, 3.63) is 95.3 Å². The normalized spacial score (nSPS) is 12.0. The van der Waals surface area contributed by atoms with Crippen LogP contribution < -0.4 is 14.8 Å². The van der Waals surface area contributed by atoms with Gasteiger partial charge in [0.2, 0.25) is 0 Å². The number of likely N-dealkylation sites (N-methyl/N-ethyl adjacent to an activating group) is 1. The molecule has 3 aromatic carbocycles. The molecule has 1 N–H and O–H groups in total. The van der Waals surface area contributed by atoms with Crippen molar-refractivity contribution in [1.82, 2.24) is 5.32 Å². The number of hydrogen-bond donors (Lipinski definition) is 1. The Morgan fingerprint density at radius 2 is 1.36 bits per heavy atom. The van der Waals surface area contributed by atoms with Crippen LogP contribution in [-0.2, 0) is 11.2 Å². The van der Waals surface area contributed by atoms with Gasteiger partial charge < -0.3 is 19.3 Å². The van der Waals surface area contributed by atoms with Gasteiger partial charge in [0.05, 0.1) is 33.3 Å². The summed E-state index contributed by atoms with van der Waals surface area (Å²) < 4.78 is 51.5. The van der Waals surface area contributed by atoms with Gasteiger partial charge in [-0.2, -0.15) is 0 Å². The molecule has 42 heavy (non-hydrogen) atoms. The van der Waals surface area contributed by atoms with Crippen molar-refractivity contribution in [2.24, 2.45) is 0 Å². The number of hydrogen-bond acceptors (Lipinski definition) is 4. The van der Waals surface area contributed by atoms with Crippen molar-refractivity contribution in [2.75, 3.05) is 34.3 Å². The summed E-state index contributed by atoms with van der Waals surface area (Å²) >= 11 is 0. The SMILES string of the molecule is C[N+](C)(C)C(Cc1ccccc1)C(=O)NCCCCCCCCOc1ccc(OC(=O)c2cc(F)c(F)cc2F)cc1. The Morgan fingerprint density at radius 3 is 2.02 bits per heavy atom. The molecule has 0 fully saturated rings. The standard InChI is InChI=1S/C33H39F3N2O4/c1-38(2,3)31(21-24-13-9-8-10-14-24)32(39)37-19-11-6-4-5-7-12-20-41-25-15-17-26(18-16-25)42-33(40)27-22-29(35)30(36)23-28(27)34/h8-10,13-18,22-23,31H,4-7,11-12,19-21H2,1-3H3/p+1. The van der Waals surface area contributed by atoms with Gasteiger partial charge in [-0.05, 0) is 48.7 Å². The highest BCUT2D eigenvalue weighted by Crippen LogP contribution is 2.21. The molecule has 0 aliphatic heterocycles. The summed E-state index contributed by atoms with van der Waals surface area (Å²) in [4.78, 5) is 25.0. The van der Waals surface area contributed by atoms with E-state index in [1.807, 2.05) is 39.3 Å². The number of nitrogens with zero attached hydrogens (tertiary/aromatic N) is 1. The van der Waals surface area contributed by atoms with Gasteiger partial charge in [-0.25, -0.2) is 18.0 Å². The van der Waals surface area contributed by atoms with E-state index in [4.69, 9.17) is 9.47 Å². The van der Waals surface area contributed by atoms with E-state index in [1.165, 1.54) is 12.1 Å². The third kappa shape index (κ3) is 10.5. The van der Waals surface area contributed by atoms with Gasteiger partial charge in [-0.1, -0.05) is 56.0 Å². The van der Waals surface area contributed by atoms with E-state index >= 15 is 0 Å². The predicted octanol–water partition coefficient (Wildman–Crippen LogP) is 6.48. The Labute approximate surface area is 246 Å². The molecule has 226 valence electrons. The maximum Gasteiger partial charge on any atom is 0.346 e. The fourth-order valence-electron chi connectivity index (χ4n) is 4.45. The molecular weight excluding hydrogens is 545 g/mol. The number of unbranched alkanes of at least 4 members (excludes halogenated alkanes) is 5. The Morgan fingerprint density at radius 1 is 0.762 bits per heavy atom. The number of esters is 1. The fraction of sp³-hybridized carbons (Fsp3) is 0.394. The molecule has 9 heteroatoms. The molecule has 0 aliphatic carbocycles. The number of benzene rings is 3. The lowest BCUT2D eigenvalue weighted by molar-refractivity contribution is -0.886. The molecule has 0 bridgehead atoms. The third-order valence-electron chi connectivity index (χ3n) is 6.91. The van der Waals surface area contributed by atoms with Crippen LogP contribution in [0, 0.1) is 17.5 Å². The molecule has 0 radical (unpaired) electrons. The first-order chi connectivity index (χ1) is 20.0. The molecule has 3 rings (SSSR count). The first kappa shape index (κ1) is 32.7. The Kier molecular flexibility index (Phi) is 12.4. The molecule has 0 saturated heterocycles. The smallest absolute Gasteiger partial charge is 0.346 e. The average Bonchev–Trinajstić information content (AvgIpc) is 2.95. The number of nitrogens with one attached hydrogen (secondary N) is 1. The molecular formula is C33H40F3N2O4+. The second-order valence-electron chi connectivity index (χ2n) is 11.2. The largest absolute Gasteiger partial charge is 0.494 e. The van der Waals surface area contributed by atoms with Gasteiger partial charge in [-0.15, -0.1) is 0 Å². The second kappa shape index (κ2) is 16.0. The van der Waals surface area contributed by atoms with Gasteiger partial charge in [0, 0.05) is 19.0 Å². The molecule has 0 heterocycles. The molecule has 0 spiro atoms. The van der Waals surface area contributed by atoms with Crippen molar-refractivity contribution in [1.29, 1.82) is 0 Å². The van der Waals surface area contributed by atoms with E-state index in [0.717, 1.165) is 44.1 Å². The molecule has 0 aliphatic rings. The number of ether oxygens (including phenoxy) is 2. The molecule has 0 aromatic heterocycles. The van der Waals surface area contributed by atoms with E-state index in [-0.39, 0.29) is 17.7 Å². The van der Waals surface area contributed by atoms with E-state index in [2.05, 4.69) is 17.4 Å². The van der Waals surface area contributed by atoms with Crippen LogP contribution >= 0.6 is 0 Å². The van der Waals surface area contributed by atoms with E-state index in [0.29, 0.717) is 41.9 Å². The van der Waals surface area contributed by atoms with Crippen LogP contribution in [0.1, 0.15) is 54.4 Å². The minimum Gasteiger partial charge on any atom is -0.494 e. The van der Waals surface area contributed by atoms with Crippen molar-refractivity contribution in [3.63, 3.8) is 0 Å². The van der Waals surface area contributed by atoms with Crippen molar-refractivity contribution >= 4 is 11.9 Å². The minimum absolute atomic E-state index is 0.0897. The Balaban J connectivity index is 1.26. The summed E-state index contributed by atoms with van der Waals surface area (Å²) in [6.45, 7) is 1.21. The number of rotatable bonds is 16. The van der Waals surface area contributed by atoms with E-state index in [9.17, 15) is 22.8 Å². The summed E-state index contributed by atoms with van der Waals surface area (Å²) in [5, 5.41) is 3.12. The van der Waals surface area contributed by atoms with Crippen LogP contribution in [0.15, 0.2) is 66.7 Å². The van der Waals surface area contributed by atoms with Crippen LogP contribution in [-0.4, -0.2) is 56.7 Å². The van der Waals surface area contributed by atoms with Gasteiger partial charge in [-0.3, -0.25) is 4.79 Å². The highest BCUT2D eigenvalue weighted by Gasteiger charge is 2.31. The maximum atomic E-state index is 13.8. The second-order valence-corrected chi connectivity index (χ2v) is 11.2. The number of amides is 1. The van der Waals surface area contributed by atoms with Crippen LogP contribution in [0.2, 0.25) is 0 Å². The fourth-order valence-corrected chi connectivity index (χ4v) is 4.45. The summed E-state index contributed by atoms with van der Waals surface area (Å²) in [5.74, 6) is -4.24. The zero-order chi connectivity index (χ0) is 30.5. The number of carbonyl (C=O) groups excluding carboxylic acids is 2. The Bertz CT molecular complexity index is 1300. The maximum absolute atomic E-state index is 13.8. The number of halogens is 3. The highest BCUT2D eigenvalue weighted by atomic mass is 19.2. The zero-order valence-corrected chi connectivity index (χ0v) is 24.5. The van der Waals surface area contributed by atoms with Crippen LogP contribution in [0.5, 0.6) is 11.5 Å². The summed E-state index contributed by atoms with van der Waals surface area (Å²) in [6, 6.07) is 16.9. The number of quaternary nitrogens is 1. The first-order valence-electron chi connectivity index (χ1n) is 14.3. The highest BCUT2D eigenvalue weighted by molar-refractivity contribution is 5.91. The van der Waals surface area contributed by atoms with Crippen LogP contribution in [0.4, 0.5) is 13.2 Å². The molecule has 1 amide bonds. The van der Waals surface area contributed by atoms with Crippen molar-refractivity contribution in [3.8, 4) is 11.5 Å². The summed E-state index contributed by atoms with van der Waals surface area (Å²) in [6.07, 6.45) is 6.74. The topological polar surface area (TPSA) is 64.6 Å². The Hall–Kier alpha value is -3.85. The molecule has 1 unspecified atom stereocenters.